The molecule has 0 fully saturated rings. The fourth-order valence-electron chi connectivity index (χ4n) is 1.78. The monoisotopic (exact) mass is 296 g/mol. The molecule has 0 bridgehead atoms. The molecular weight excluding hydrogens is 289 g/mol. The van der Waals surface area contributed by atoms with E-state index >= 15 is 0 Å². The maximum absolute atomic E-state index is 12.6. The van der Waals surface area contributed by atoms with E-state index in [9.17, 15) is 18.4 Å². The smallest absolute Gasteiger partial charge is 0.239 e. The normalized spacial score (nSPS) is 12.8. The number of hydrogen-bond acceptors (Lipinski definition) is 2. The minimum atomic E-state index is -4.56. The Balaban J connectivity index is 2.44. The highest BCUT2D eigenvalue weighted by atomic mass is 35.5. The number of pyridine rings is 1. The minimum Gasteiger partial charge on any atom is -0.239 e. The zero-order valence-electron chi connectivity index (χ0n) is 10.0. The van der Waals surface area contributed by atoms with E-state index in [1.54, 1.807) is 30.3 Å². The number of alkyl halides is 3. The van der Waals surface area contributed by atoms with Gasteiger partial charge in [0.25, 0.3) is 0 Å². The molecule has 1 heterocycles. The number of halogens is 4. The lowest BCUT2D eigenvalue weighted by Crippen LogP contribution is -2.09. The van der Waals surface area contributed by atoms with Crippen molar-refractivity contribution in [2.45, 2.75) is 12.1 Å². The molecule has 20 heavy (non-hydrogen) atoms. The van der Waals surface area contributed by atoms with Crippen molar-refractivity contribution >= 4 is 11.6 Å². The molecule has 0 N–H and O–H groups in total. The molecule has 1 atom stereocenters. The Hall–Kier alpha value is -2.06. The zero-order chi connectivity index (χ0) is 14.8. The molecular formula is C14H8ClF3N2. The zero-order valence-corrected chi connectivity index (χ0v) is 10.8. The molecule has 0 saturated carbocycles. The first kappa shape index (κ1) is 14.4. The Morgan fingerprint density at radius 3 is 2.25 bits per heavy atom. The second-order valence-corrected chi connectivity index (χ2v) is 4.40. The number of nitriles is 1. The van der Waals surface area contributed by atoms with Crippen LogP contribution in [-0.4, -0.2) is 4.98 Å². The van der Waals surface area contributed by atoms with E-state index in [0.29, 0.717) is 5.56 Å². The molecule has 0 aliphatic carbocycles. The van der Waals surface area contributed by atoms with E-state index in [-0.39, 0.29) is 5.69 Å². The average Bonchev–Trinajstić information content (AvgIpc) is 2.39. The van der Waals surface area contributed by atoms with Crippen LogP contribution >= 0.6 is 11.6 Å². The van der Waals surface area contributed by atoms with E-state index in [2.05, 4.69) is 4.98 Å². The van der Waals surface area contributed by atoms with Crippen LogP contribution in [0, 0.1) is 11.3 Å². The van der Waals surface area contributed by atoms with Gasteiger partial charge in [0.2, 0.25) is 0 Å². The maximum atomic E-state index is 12.6. The van der Waals surface area contributed by atoms with Crippen molar-refractivity contribution in [1.82, 2.24) is 4.98 Å². The molecule has 0 saturated heterocycles. The topological polar surface area (TPSA) is 36.7 Å². The van der Waals surface area contributed by atoms with Crippen molar-refractivity contribution in [3.8, 4) is 6.07 Å². The maximum Gasteiger partial charge on any atom is 0.419 e. The van der Waals surface area contributed by atoms with Gasteiger partial charge in [-0.1, -0.05) is 41.9 Å². The molecule has 6 heteroatoms. The Morgan fingerprint density at radius 1 is 1.10 bits per heavy atom. The van der Waals surface area contributed by atoms with Crippen LogP contribution in [0.3, 0.4) is 0 Å². The van der Waals surface area contributed by atoms with E-state index in [1.165, 1.54) is 6.07 Å². The summed E-state index contributed by atoms with van der Waals surface area (Å²) in [6.07, 6.45) is -4.56. The van der Waals surface area contributed by atoms with E-state index < -0.39 is 22.8 Å². The highest BCUT2D eigenvalue weighted by Gasteiger charge is 2.34. The molecule has 2 aromatic rings. The van der Waals surface area contributed by atoms with Crippen molar-refractivity contribution in [2.75, 3.05) is 0 Å². The molecule has 0 radical (unpaired) electrons. The molecule has 1 aromatic heterocycles. The highest BCUT2D eigenvalue weighted by Crippen LogP contribution is 2.35. The van der Waals surface area contributed by atoms with Gasteiger partial charge < -0.3 is 0 Å². The molecule has 0 unspecified atom stereocenters. The summed E-state index contributed by atoms with van der Waals surface area (Å²) in [4.78, 5) is 3.71. The largest absolute Gasteiger partial charge is 0.419 e. The first-order valence-electron chi connectivity index (χ1n) is 5.61. The highest BCUT2D eigenvalue weighted by molar-refractivity contribution is 6.30. The van der Waals surface area contributed by atoms with Gasteiger partial charge in [-0.2, -0.15) is 18.4 Å². The van der Waals surface area contributed by atoms with Crippen molar-refractivity contribution in [3.05, 3.63) is 64.4 Å². The van der Waals surface area contributed by atoms with Gasteiger partial charge in [-0.3, -0.25) is 0 Å². The van der Waals surface area contributed by atoms with Crippen LogP contribution in [-0.2, 0) is 6.18 Å². The standard InChI is InChI=1S/C14H8ClF3N2/c15-13-11(14(16,17)18)6-7-12(20-13)10(8-19)9-4-2-1-3-5-9/h1-7,10H/t10-/m0/s1. The number of aromatic nitrogens is 1. The second-order valence-electron chi connectivity index (χ2n) is 4.05. The summed E-state index contributed by atoms with van der Waals surface area (Å²) in [7, 11) is 0. The van der Waals surface area contributed by atoms with Gasteiger partial charge in [0.05, 0.1) is 17.3 Å². The van der Waals surface area contributed by atoms with E-state index in [4.69, 9.17) is 11.6 Å². The lowest BCUT2D eigenvalue weighted by molar-refractivity contribution is -0.137. The Bertz CT molecular complexity index is 648. The lowest BCUT2D eigenvalue weighted by atomic mass is 9.96. The van der Waals surface area contributed by atoms with Crippen LogP contribution in [0.1, 0.15) is 22.7 Å². The van der Waals surface area contributed by atoms with Crippen LogP contribution in [0.25, 0.3) is 0 Å². The molecule has 0 spiro atoms. The van der Waals surface area contributed by atoms with Gasteiger partial charge in [-0.25, -0.2) is 4.98 Å². The summed E-state index contributed by atoms with van der Waals surface area (Å²) in [5, 5.41) is 8.55. The molecule has 0 aliphatic heterocycles. The Kier molecular flexibility index (Phi) is 3.96. The molecule has 2 nitrogen and oxygen atoms in total. The molecule has 102 valence electrons. The van der Waals surface area contributed by atoms with E-state index in [0.717, 1.165) is 6.07 Å². The summed E-state index contributed by atoms with van der Waals surface area (Å²) >= 11 is 5.56. The van der Waals surface area contributed by atoms with Crippen molar-refractivity contribution in [1.29, 1.82) is 5.26 Å². The van der Waals surface area contributed by atoms with Crippen molar-refractivity contribution in [3.63, 3.8) is 0 Å². The Labute approximate surface area is 118 Å². The van der Waals surface area contributed by atoms with Gasteiger partial charge in [-0.05, 0) is 17.7 Å². The molecule has 0 aliphatic rings. The molecule has 0 amide bonds. The number of rotatable bonds is 2. The average molecular weight is 297 g/mol. The first-order chi connectivity index (χ1) is 9.43. The summed E-state index contributed by atoms with van der Waals surface area (Å²) in [5.74, 6) is -0.754. The minimum absolute atomic E-state index is 0.191. The van der Waals surface area contributed by atoms with Crippen LogP contribution in [0.4, 0.5) is 13.2 Å². The van der Waals surface area contributed by atoms with Crippen LogP contribution in [0.5, 0.6) is 0 Å². The van der Waals surface area contributed by atoms with Gasteiger partial charge in [-0.15, -0.1) is 0 Å². The van der Waals surface area contributed by atoms with Gasteiger partial charge in [0, 0.05) is 0 Å². The summed E-state index contributed by atoms with van der Waals surface area (Å²) in [5.41, 5.74) is -0.164. The van der Waals surface area contributed by atoms with Gasteiger partial charge in [0.15, 0.2) is 0 Å². The fraction of sp³-hybridized carbons (Fsp3) is 0.143. The van der Waals surface area contributed by atoms with Crippen molar-refractivity contribution < 1.29 is 13.2 Å². The summed E-state index contributed by atoms with van der Waals surface area (Å²) in [6, 6.07) is 12.7. The van der Waals surface area contributed by atoms with Crippen LogP contribution in [0.2, 0.25) is 5.15 Å². The first-order valence-corrected chi connectivity index (χ1v) is 5.99. The predicted octanol–water partition coefficient (Wildman–Crippen LogP) is 4.41. The third kappa shape index (κ3) is 2.91. The lowest BCUT2D eigenvalue weighted by Gasteiger charge is -2.12. The number of hydrogen-bond donors (Lipinski definition) is 0. The second kappa shape index (κ2) is 5.51. The molecule has 2 rings (SSSR count). The quantitative estimate of drug-likeness (QED) is 0.770. The molecule has 1 aromatic carbocycles. The summed E-state index contributed by atoms with van der Waals surface area (Å²) in [6.45, 7) is 0. The Morgan fingerprint density at radius 2 is 1.75 bits per heavy atom. The summed E-state index contributed by atoms with van der Waals surface area (Å²) < 4.78 is 37.8. The SMILES string of the molecule is N#C[C@@H](c1ccccc1)c1ccc(C(F)(F)F)c(Cl)n1. The third-order valence-electron chi connectivity index (χ3n) is 2.73. The number of benzene rings is 1. The fourth-order valence-corrected chi connectivity index (χ4v) is 2.05. The third-order valence-corrected chi connectivity index (χ3v) is 3.02. The van der Waals surface area contributed by atoms with Crippen LogP contribution in [0.15, 0.2) is 42.5 Å². The van der Waals surface area contributed by atoms with Gasteiger partial charge >= 0.3 is 6.18 Å². The predicted molar refractivity (Wildman–Crippen MR) is 68.1 cm³/mol. The van der Waals surface area contributed by atoms with Crippen molar-refractivity contribution in [2.24, 2.45) is 0 Å². The number of nitrogens with zero attached hydrogens (tertiary/aromatic N) is 2. The van der Waals surface area contributed by atoms with Crippen LogP contribution < -0.4 is 0 Å². The van der Waals surface area contributed by atoms with Gasteiger partial charge in [0.1, 0.15) is 11.1 Å². The van der Waals surface area contributed by atoms with E-state index in [1.807, 2.05) is 6.07 Å².